The number of likely N-dealkylation sites (tertiary alicyclic amines) is 2. The molecule has 2 fully saturated rings. The van der Waals surface area contributed by atoms with Crippen molar-refractivity contribution >= 4 is 17.5 Å². The predicted octanol–water partition coefficient (Wildman–Crippen LogP) is 2.06. The molecule has 1 N–H and O–H groups in total. The van der Waals surface area contributed by atoms with Crippen LogP contribution in [0.4, 0.5) is 0 Å². The van der Waals surface area contributed by atoms with E-state index in [1.807, 2.05) is 4.90 Å². The third kappa shape index (κ3) is 4.61. The zero-order valence-corrected chi connectivity index (χ0v) is 16.5. The molecule has 6 nitrogen and oxygen atoms in total. The highest BCUT2D eigenvalue weighted by molar-refractivity contribution is 6.39. The molecule has 28 heavy (non-hydrogen) atoms. The summed E-state index contributed by atoms with van der Waals surface area (Å²) in [5.74, 6) is 1.39. The summed E-state index contributed by atoms with van der Waals surface area (Å²) in [4.78, 5) is 28.3. The number of amides is 2. The molecule has 4 rings (SSSR count). The molecule has 3 aliphatic heterocycles. The zero-order valence-electron chi connectivity index (χ0n) is 16.5. The summed E-state index contributed by atoms with van der Waals surface area (Å²) in [6.07, 6.45) is 5.40. The molecule has 0 bridgehead atoms. The molecule has 0 aliphatic carbocycles. The highest BCUT2D eigenvalue weighted by Crippen LogP contribution is 2.32. The molecule has 1 atom stereocenters. The van der Waals surface area contributed by atoms with Crippen molar-refractivity contribution < 1.29 is 9.59 Å². The van der Waals surface area contributed by atoms with Crippen molar-refractivity contribution in [1.82, 2.24) is 15.2 Å². The average molecular weight is 383 g/mol. The lowest BCUT2D eigenvalue weighted by Crippen LogP contribution is -2.45. The van der Waals surface area contributed by atoms with Crippen molar-refractivity contribution in [3.05, 3.63) is 35.9 Å². The van der Waals surface area contributed by atoms with E-state index in [4.69, 9.17) is 0 Å². The highest BCUT2D eigenvalue weighted by Gasteiger charge is 2.34. The van der Waals surface area contributed by atoms with Gasteiger partial charge >= 0.3 is 0 Å². The molecule has 0 radical (unpaired) electrons. The maximum atomic E-state index is 12.6. The van der Waals surface area contributed by atoms with Crippen LogP contribution < -0.4 is 5.43 Å². The number of hydrogen-bond donors (Lipinski definition) is 1. The second-order valence-corrected chi connectivity index (χ2v) is 8.31. The normalized spacial score (nSPS) is 24.1. The number of rotatable bonds is 5. The minimum absolute atomic E-state index is 0.00867. The SMILES string of the molecule is O=C1CCC(C(=O)N2CCC(C3CCN(CCc4ccccc4)C3)CC2)=NN1. The van der Waals surface area contributed by atoms with E-state index in [0.717, 1.165) is 50.7 Å². The van der Waals surface area contributed by atoms with Crippen LogP contribution in [0.2, 0.25) is 0 Å². The van der Waals surface area contributed by atoms with Crippen LogP contribution in [-0.2, 0) is 16.0 Å². The molecule has 2 amide bonds. The van der Waals surface area contributed by atoms with Crippen LogP contribution in [0.15, 0.2) is 35.4 Å². The molecule has 0 saturated carbocycles. The van der Waals surface area contributed by atoms with E-state index in [1.165, 1.54) is 25.1 Å². The summed E-state index contributed by atoms with van der Waals surface area (Å²) in [6.45, 7) is 5.18. The first kappa shape index (κ1) is 19.1. The highest BCUT2D eigenvalue weighted by atomic mass is 16.2. The van der Waals surface area contributed by atoms with Crippen molar-refractivity contribution in [1.29, 1.82) is 0 Å². The fourth-order valence-electron chi connectivity index (χ4n) is 4.77. The molecule has 3 aliphatic rings. The van der Waals surface area contributed by atoms with Gasteiger partial charge in [0.05, 0.1) is 0 Å². The van der Waals surface area contributed by atoms with E-state index in [0.29, 0.717) is 18.6 Å². The van der Waals surface area contributed by atoms with E-state index in [-0.39, 0.29) is 11.8 Å². The number of piperidine rings is 1. The van der Waals surface area contributed by atoms with Gasteiger partial charge in [-0.15, -0.1) is 0 Å². The summed E-state index contributed by atoms with van der Waals surface area (Å²) < 4.78 is 0. The van der Waals surface area contributed by atoms with Gasteiger partial charge in [-0.3, -0.25) is 9.59 Å². The Kier molecular flexibility index (Phi) is 6.05. The third-order valence-corrected chi connectivity index (χ3v) is 6.51. The summed E-state index contributed by atoms with van der Waals surface area (Å²) in [5.41, 5.74) is 4.35. The second kappa shape index (κ2) is 8.86. The fourth-order valence-corrected chi connectivity index (χ4v) is 4.77. The maximum absolute atomic E-state index is 12.6. The van der Waals surface area contributed by atoms with E-state index in [1.54, 1.807) is 0 Å². The second-order valence-electron chi connectivity index (χ2n) is 8.31. The van der Waals surface area contributed by atoms with E-state index < -0.39 is 0 Å². The van der Waals surface area contributed by atoms with Crippen molar-refractivity contribution in [3.8, 4) is 0 Å². The lowest BCUT2D eigenvalue weighted by Gasteiger charge is -2.35. The molecule has 1 unspecified atom stereocenters. The van der Waals surface area contributed by atoms with Crippen molar-refractivity contribution in [3.63, 3.8) is 0 Å². The Morgan fingerprint density at radius 2 is 1.79 bits per heavy atom. The summed E-state index contributed by atoms with van der Waals surface area (Å²) >= 11 is 0. The number of carbonyl (C=O) groups excluding carboxylic acids is 2. The number of nitrogens with zero attached hydrogens (tertiary/aromatic N) is 3. The number of hydrazone groups is 1. The van der Waals surface area contributed by atoms with Crippen LogP contribution in [0.5, 0.6) is 0 Å². The first-order valence-corrected chi connectivity index (χ1v) is 10.6. The minimum Gasteiger partial charge on any atom is -0.338 e. The topological polar surface area (TPSA) is 65.0 Å². The molecule has 0 aromatic heterocycles. The van der Waals surface area contributed by atoms with Crippen molar-refractivity contribution in [2.75, 3.05) is 32.7 Å². The quantitative estimate of drug-likeness (QED) is 0.848. The number of carbonyl (C=O) groups is 2. The number of nitrogens with one attached hydrogen (secondary N) is 1. The lowest BCUT2D eigenvalue weighted by molar-refractivity contribution is -0.126. The minimum atomic E-state index is -0.103. The molecular weight excluding hydrogens is 352 g/mol. The number of hydrogen-bond acceptors (Lipinski definition) is 4. The standard InChI is InChI=1S/C22H30N4O2/c27-21-7-6-20(23-24-21)22(28)26-14-10-18(11-15-26)19-9-13-25(16-19)12-8-17-4-2-1-3-5-17/h1-5,18-19H,6-16H2,(H,24,27). The Morgan fingerprint density at radius 3 is 2.50 bits per heavy atom. The van der Waals surface area contributed by atoms with Gasteiger partial charge < -0.3 is 9.80 Å². The zero-order chi connectivity index (χ0) is 19.3. The van der Waals surface area contributed by atoms with Gasteiger partial charge in [-0.1, -0.05) is 30.3 Å². The maximum Gasteiger partial charge on any atom is 0.270 e. The van der Waals surface area contributed by atoms with Crippen LogP contribution in [0.3, 0.4) is 0 Å². The smallest absolute Gasteiger partial charge is 0.270 e. The number of benzene rings is 1. The van der Waals surface area contributed by atoms with Gasteiger partial charge in [-0.05, 0) is 49.6 Å². The van der Waals surface area contributed by atoms with Gasteiger partial charge in [0, 0.05) is 39.0 Å². The van der Waals surface area contributed by atoms with Crippen LogP contribution in [-0.4, -0.2) is 60.0 Å². The van der Waals surface area contributed by atoms with E-state index >= 15 is 0 Å². The van der Waals surface area contributed by atoms with Gasteiger partial charge in [0.2, 0.25) is 5.91 Å². The van der Waals surface area contributed by atoms with Gasteiger partial charge in [0.1, 0.15) is 5.71 Å². The summed E-state index contributed by atoms with van der Waals surface area (Å²) in [6, 6.07) is 10.7. The monoisotopic (exact) mass is 382 g/mol. The summed E-state index contributed by atoms with van der Waals surface area (Å²) in [7, 11) is 0. The van der Waals surface area contributed by atoms with Crippen LogP contribution in [0.25, 0.3) is 0 Å². The van der Waals surface area contributed by atoms with Crippen molar-refractivity contribution in [2.24, 2.45) is 16.9 Å². The Morgan fingerprint density at radius 1 is 1.04 bits per heavy atom. The van der Waals surface area contributed by atoms with Crippen molar-refractivity contribution in [2.45, 2.75) is 38.5 Å². The lowest BCUT2D eigenvalue weighted by atomic mass is 9.83. The molecule has 3 heterocycles. The molecule has 0 spiro atoms. The van der Waals surface area contributed by atoms with Crippen LogP contribution in [0.1, 0.15) is 37.7 Å². The van der Waals surface area contributed by atoms with E-state index in [9.17, 15) is 9.59 Å². The first-order chi connectivity index (χ1) is 13.7. The third-order valence-electron chi connectivity index (χ3n) is 6.51. The first-order valence-electron chi connectivity index (χ1n) is 10.6. The molecular formula is C22H30N4O2. The Bertz CT molecular complexity index is 725. The van der Waals surface area contributed by atoms with E-state index in [2.05, 4.69) is 45.8 Å². The van der Waals surface area contributed by atoms with Gasteiger partial charge in [-0.25, -0.2) is 5.43 Å². The molecule has 6 heteroatoms. The van der Waals surface area contributed by atoms with Gasteiger partial charge in [0.15, 0.2) is 0 Å². The molecule has 1 aromatic carbocycles. The van der Waals surface area contributed by atoms with Crippen LogP contribution >= 0.6 is 0 Å². The van der Waals surface area contributed by atoms with Crippen LogP contribution in [0, 0.1) is 11.8 Å². The average Bonchev–Trinajstić information content (AvgIpc) is 3.22. The Hall–Kier alpha value is -2.21. The molecule has 1 aromatic rings. The predicted molar refractivity (Wildman–Crippen MR) is 109 cm³/mol. The Labute approximate surface area is 167 Å². The van der Waals surface area contributed by atoms with Gasteiger partial charge in [0.25, 0.3) is 5.91 Å². The molecule has 2 saturated heterocycles. The Balaban J connectivity index is 1.21. The van der Waals surface area contributed by atoms with Gasteiger partial charge in [-0.2, -0.15) is 5.10 Å². The summed E-state index contributed by atoms with van der Waals surface area (Å²) in [5, 5.41) is 3.96. The molecule has 150 valence electrons. The largest absolute Gasteiger partial charge is 0.338 e. The fraction of sp³-hybridized carbons (Fsp3) is 0.591.